The maximum Gasteiger partial charge on any atom is 0.133 e. The van der Waals surface area contributed by atoms with Crippen LogP contribution in [0.25, 0.3) is 0 Å². The molecule has 1 saturated carbocycles. The van der Waals surface area contributed by atoms with Gasteiger partial charge in [-0.15, -0.1) is 0 Å². The molecule has 0 aliphatic heterocycles. The van der Waals surface area contributed by atoms with Gasteiger partial charge in [0.2, 0.25) is 0 Å². The van der Waals surface area contributed by atoms with E-state index in [1.54, 1.807) is 0 Å². The third kappa shape index (κ3) is 2.81. The summed E-state index contributed by atoms with van der Waals surface area (Å²) in [7, 11) is 2.20. The summed E-state index contributed by atoms with van der Waals surface area (Å²) >= 11 is 0. The van der Waals surface area contributed by atoms with Crippen molar-refractivity contribution in [3.05, 3.63) is 0 Å². The number of nitrogens with zero attached hydrogens (tertiary/aromatic N) is 1. The molecule has 0 bridgehead atoms. The van der Waals surface area contributed by atoms with Crippen molar-refractivity contribution in [2.75, 3.05) is 7.05 Å². The third-order valence-corrected chi connectivity index (χ3v) is 3.70. The number of hydrogen-bond acceptors (Lipinski definition) is 2. The van der Waals surface area contributed by atoms with Crippen molar-refractivity contribution in [2.45, 2.75) is 58.5 Å². The molecule has 0 saturated heterocycles. The summed E-state index contributed by atoms with van der Waals surface area (Å²) < 4.78 is 0. The second kappa shape index (κ2) is 4.92. The molecule has 0 aromatic heterocycles. The van der Waals surface area contributed by atoms with Crippen LogP contribution < -0.4 is 0 Å². The van der Waals surface area contributed by atoms with Crippen LogP contribution in [-0.2, 0) is 4.79 Å². The topological polar surface area (TPSA) is 20.3 Å². The fourth-order valence-electron chi connectivity index (χ4n) is 2.13. The first-order valence-corrected chi connectivity index (χ1v) is 5.76. The average molecular weight is 197 g/mol. The van der Waals surface area contributed by atoms with E-state index in [1.165, 1.54) is 0 Å². The van der Waals surface area contributed by atoms with Crippen LogP contribution in [-0.4, -0.2) is 29.8 Å². The smallest absolute Gasteiger partial charge is 0.133 e. The Labute approximate surface area is 87.7 Å². The lowest BCUT2D eigenvalue weighted by atomic mass is 9.91. The molecular weight excluding hydrogens is 174 g/mol. The molecule has 82 valence electrons. The van der Waals surface area contributed by atoms with E-state index in [0.717, 1.165) is 25.7 Å². The Balaban J connectivity index is 2.44. The van der Waals surface area contributed by atoms with Crippen molar-refractivity contribution in [1.82, 2.24) is 4.90 Å². The number of rotatable bonds is 3. The Morgan fingerprint density at radius 1 is 1.21 bits per heavy atom. The van der Waals surface area contributed by atoms with E-state index in [9.17, 15) is 4.79 Å². The maximum absolute atomic E-state index is 11.1. The molecule has 2 nitrogen and oxygen atoms in total. The molecule has 1 aliphatic carbocycles. The van der Waals surface area contributed by atoms with Gasteiger partial charge in [0, 0.05) is 24.9 Å². The van der Waals surface area contributed by atoms with Crippen LogP contribution >= 0.6 is 0 Å². The standard InChI is InChI=1S/C12H23NO/c1-9(2)10(3)13(4)11-5-7-12(14)8-6-11/h9-11H,5-8H2,1-4H3. The van der Waals surface area contributed by atoms with Crippen molar-refractivity contribution in [3.63, 3.8) is 0 Å². The molecule has 1 atom stereocenters. The first kappa shape index (κ1) is 11.7. The lowest BCUT2D eigenvalue weighted by Gasteiger charge is -2.37. The fraction of sp³-hybridized carbons (Fsp3) is 0.917. The number of carbonyl (C=O) groups is 1. The lowest BCUT2D eigenvalue weighted by molar-refractivity contribution is -0.121. The Kier molecular flexibility index (Phi) is 4.11. The zero-order valence-electron chi connectivity index (χ0n) is 9.92. The molecule has 1 aliphatic rings. The van der Waals surface area contributed by atoms with Gasteiger partial charge in [-0.1, -0.05) is 13.8 Å². The molecule has 1 rings (SSSR count). The Bertz CT molecular complexity index is 190. The number of carbonyl (C=O) groups excluding carboxylic acids is 1. The largest absolute Gasteiger partial charge is 0.300 e. The van der Waals surface area contributed by atoms with E-state index >= 15 is 0 Å². The highest BCUT2D eigenvalue weighted by Crippen LogP contribution is 2.22. The van der Waals surface area contributed by atoms with Gasteiger partial charge in [-0.2, -0.15) is 0 Å². The third-order valence-electron chi connectivity index (χ3n) is 3.70. The van der Waals surface area contributed by atoms with Crippen LogP contribution in [0.15, 0.2) is 0 Å². The van der Waals surface area contributed by atoms with Crippen LogP contribution in [0.3, 0.4) is 0 Å². The summed E-state index contributed by atoms with van der Waals surface area (Å²) in [6.07, 6.45) is 3.71. The minimum Gasteiger partial charge on any atom is -0.300 e. The molecule has 14 heavy (non-hydrogen) atoms. The zero-order valence-corrected chi connectivity index (χ0v) is 9.92. The van der Waals surface area contributed by atoms with Crippen molar-refractivity contribution < 1.29 is 4.79 Å². The molecule has 1 fully saturated rings. The molecular formula is C12H23NO. The number of Topliss-reactive ketones (excluding diaryl/α,β-unsaturated/α-hetero) is 1. The minimum atomic E-state index is 0.451. The SMILES string of the molecule is CC(C)C(C)N(C)C1CCC(=O)CC1. The van der Waals surface area contributed by atoms with Gasteiger partial charge in [0.25, 0.3) is 0 Å². The molecule has 0 amide bonds. The molecule has 0 radical (unpaired) electrons. The van der Waals surface area contributed by atoms with E-state index in [-0.39, 0.29) is 0 Å². The van der Waals surface area contributed by atoms with Crippen LogP contribution in [0, 0.1) is 5.92 Å². The van der Waals surface area contributed by atoms with E-state index < -0.39 is 0 Å². The fourth-order valence-corrected chi connectivity index (χ4v) is 2.13. The maximum atomic E-state index is 11.1. The molecule has 0 N–H and O–H groups in total. The highest BCUT2D eigenvalue weighted by molar-refractivity contribution is 5.79. The number of ketones is 1. The number of hydrogen-bond donors (Lipinski definition) is 0. The average Bonchev–Trinajstić information content (AvgIpc) is 2.16. The van der Waals surface area contributed by atoms with Crippen LogP contribution in [0.4, 0.5) is 0 Å². The summed E-state index contributed by atoms with van der Waals surface area (Å²) in [6.45, 7) is 6.80. The molecule has 0 heterocycles. The van der Waals surface area contributed by atoms with E-state index in [0.29, 0.717) is 23.8 Å². The molecule has 2 heteroatoms. The van der Waals surface area contributed by atoms with E-state index in [2.05, 4.69) is 32.7 Å². The van der Waals surface area contributed by atoms with Crippen molar-refractivity contribution in [1.29, 1.82) is 0 Å². The minimum absolute atomic E-state index is 0.451. The lowest BCUT2D eigenvalue weighted by Crippen LogP contribution is -2.43. The molecule has 0 aromatic carbocycles. The van der Waals surface area contributed by atoms with E-state index in [1.807, 2.05) is 0 Å². The summed E-state index contributed by atoms with van der Waals surface area (Å²) in [4.78, 5) is 13.6. The van der Waals surface area contributed by atoms with Crippen molar-refractivity contribution in [2.24, 2.45) is 5.92 Å². The first-order chi connectivity index (χ1) is 6.52. The van der Waals surface area contributed by atoms with Crippen LogP contribution in [0.5, 0.6) is 0 Å². The molecule has 0 aromatic rings. The Morgan fingerprint density at radius 3 is 2.14 bits per heavy atom. The van der Waals surface area contributed by atoms with Crippen molar-refractivity contribution >= 4 is 5.78 Å². The predicted octanol–water partition coefficient (Wildman–Crippen LogP) is 2.47. The summed E-state index contributed by atoms with van der Waals surface area (Å²) in [5, 5.41) is 0. The van der Waals surface area contributed by atoms with Crippen LogP contribution in [0.2, 0.25) is 0 Å². The van der Waals surface area contributed by atoms with Gasteiger partial charge in [0.1, 0.15) is 5.78 Å². The van der Waals surface area contributed by atoms with Crippen LogP contribution in [0.1, 0.15) is 46.5 Å². The second-order valence-corrected chi connectivity index (χ2v) is 4.92. The van der Waals surface area contributed by atoms with E-state index in [4.69, 9.17) is 0 Å². The summed E-state index contributed by atoms with van der Waals surface area (Å²) in [5.74, 6) is 1.14. The highest BCUT2D eigenvalue weighted by Gasteiger charge is 2.25. The van der Waals surface area contributed by atoms with Gasteiger partial charge in [-0.25, -0.2) is 0 Å². The Hall–Kier alpha value is -0.370. The van der Waals surface area contributed by atoms with Gasteiger partial charge in [0.15, 0.2) is 0 Å². The normalized spacial score (nSPS) is 22.0. The molecule has 0 spiro atoms. The summed E-state index contributed by atoms with van der Waals surface area (Å²) in [6, 6.07) is 1.25. The van der Waals surface area contributed by atoms with Gasteiger partial charge >= 0.3 is 0 Å². The van der Waals surface area contributed by atoms with Gasteiger partial charge in [-0.05, 0) is 32.7 Å². The van der Waals surface area contributed by atoms with Crippen molar-refractivity contribution in [3.8, 4) is 0 Å². The van der Waals surface area contributed by atoms with Gasteiger partial charge in [-0.3, -0.25) is 4.79 Å². The predicted molar refractivity (Wildman–Crippen MR) is 59.3 cm³/mol. The highest BCUT2D eigenvalue weighted by atomic mass is 16.1. The second-order valence-electron chi connectivity index (χ2n) is 4.92. The zero-order chi connectivity index (χ0) is 10.7. The summed E-state index contributed by atoms with van der Waals surface area (Å²) in [5.41, 5.74) is 0. The first-order valence-electron chi connectivity index (χ1n) is 5.76. The van der Waals surface area contributed by atoms with Gasteiger partial charge < -0.3 is 4.90 Å². The monoisotopic (exact) mass is 197 g/mol. The molecule has 1 unspecified atom stereocenters. The van der Waals surface area contributed by atoms with Gasteiger partial charge in [0.05, 0.1) is 0 Å². The quantitative estimate of drug-likeness (QED) is 0.692. The Morgan fingerprint density at radius 2 is 1.71 bits per heavy atom.